The molecule has 5 N–H and O–H groups in total. The van der Waals surface area contributed by atoms with Crippen LogP contribution in [0.2, 0.25) is 0 Å². The second kappa shape index (κ2) is 3.86. The Morgan fingerprint density at radius 3 is 2.35 bits per heavy atom. The number of pyridine rings is 1. The number of aryl methyl sites for hydroxylation is 1. The van der Waals surface area contributed by atoms with Crippen molar-refractivity contribution in [3.8, 4) is 11.4 Å². The number of aromatic nitrogens is 1. The third-order valence-electron chi connectivity index (χ3n) is 2.49. The summed E-state index contributed by atoms with van der Waals surface area (Å²) in [5.41, 5.74) is 12.8. The SMILES string of the molecule is Cc1ccc(=O)n(-c2cc(N)c(O)c(N)c2)c1. The highest BCUT2D eigenvalue weighted by atomic mass is 16.3. The molecule has 0 atom stereocenters. The fourth-order valence-electron chi connectivity index (χ4n) is 1.60. The largest absolute Gasteiger partial charge is 0.504 e. The quantitative estimate of drug-likeness (QED) is 0.504. The number of benzene rings is 1. The van der Waals surface area contributed by atoms with Crippen molar-refractivity contribution in [3.05, 3.63) is 46.4 Å². The maximum atomic E-state index is 11.7. The minimum atomic E-state index is -0.180. The third-order valence-corrected chi connectivity index (χ3v) is 2.49. The molecular weight excluding hydrogens is 218 g/mol. The molecule has 88 valence electrons. The maximum absolute atomic E-state index is 11.7. The van der Waals surface area contributed by atoms with E-state index in [1.807, 2.05) is 6.92 Å². The molecule has 0 amide bonds. The number of aromatic hydroxyl groups is 1. The van der Waals surface area contributed by atoms with E-state index >= 15 is 0 Å². The zero-order valence-corrected chi connectivity index (χ0v) is 9.34. The lowest BCUT2D eigenvalue weighted by atomic mass is 10.2. The van der Waals surface area contributed by atoms with E-state index in [4.69, 9.17) is 11.5 Å². The van der Waals surface area contributed by atoms with Gasteiger partial charge in [0.2, 0.25) is 0 Å². The Morgan fingerprint density at radius 2 is 1.76 bits per heavy atom. The average Bonchev–Trinajstić information content (AvgIpc) is 2.28. The van der Waals surface area contributed by atoms with Crippen LogP contribution in [0.4, 0.5) is 11.4 Å². The van der Waals surface area contributed by atoms with Gasteiger partial charge in [0.1, 0.15) is 0 Å². The lowest BCUT2D eigenvalue weighted by molar-refractivity contribution is 0.480. The highest BCUT2D eigenvalue weighted by Gasteiger charge is 2.07. The number of anilines is 2. The van der Waals surface area contributed by atoms with Gasteiger partial charge in [-0.3, -0.25) is 9.36 Å². The zero-order valence-electron chi connectivity index (χ0n) is 9.34. The molecule has 5 heteroatoms. The van der Waals surface area contributed by atoms with Gasteiger partial charge in [0.05, 0.1) is 17.1 Å². The summed E-state index contributed by atoms with van der Waals surface area (Å²) < 4.78 is 1.43. The molecule has 1 aromatic carbocycles. The van der Waals surface area contributed by atoms with Crippen LogP contribution in [0, 0.1) is 6.92 Å². The summed E-state index contributed by atoms with van der Waals surface area (Å²) in [6, 6.07) is 6.21. The molecule has 0 saturated carbocycles. The molecule has 2 rings (SSSR count). The second-order valence-electron chi connectivity index (χ2n) is 3.89. The van der Waals surface area contributed by atoms with Gasteiger partial charge in [0, 0.05) is 12.3 Å². The van der Waals surface area contributed by atoms with Crippen LogP contribution < -0.4 is 17.0 Å². The van der Waals surface area contributed by atoms with Crippen molar-refractivity contribution in [1.82, 2.24) is 4.57 Å². The maximum Gasteiger partial charge on any atom is 0.255 e. The fraction of sp³-hybridized carbons (Fsp3) is 0.0833. The van der Waals surface area contributed by atoms with E-state index in [1.165, 1.54) is 22.8 Å². The Morgan fingerprint density at radius 1 is 1.18 bits per heavy atom. The summed E-state index contributed by atoms with van der Waals surface area (Å²) in [7, 11) is 0. The van der Waals surface area contributed by atoms with Gasteiger partial charge in [-0.05, 0) is 24.6 Å². The Bertz CT molecular complexity index is 609. The van der Waals surface area contributed by atoms with Crippen molar-refractivity contribution < 1.29 is 5.11 Å². The number of hydrogen-bond acceptors (Lipinski definition) is 4. The van der Waals surface area contributed by atoms with Gasteiger partial charge in [-0.2, -0.15) is 0 Å². The van der Waals surface area contributed by atoms with E-state index in [0.717, 1.165) is 5.56 Å². The van der Waals surface area contributed by atoms with Crippen LogP contribution in [0.1, 0.15) is 5.56 Å². The zero-order chi connectivity index (χ0) is 12.6. The van der Waals surface area contributed by atoms with E-state index in [9.17, 15) is 9.90 Å². The van der Waals surface area contributed by atoms with Crippen LogP contribution in [0.25, 0.3) is 5.69 Å². The van der Waals surface area contributed by atoms with Gasteiger partial charge >= 0.3 is 0 Å². The molecule has 1 heterocycles. The molecule has 0 aliphatic carbocycles. The van der Waals surface area contributed by atoms with E-state index < -0.39 is 0 Å². The smallest absolute Gasteiger partial charge is 0.255 e. The van der Waals surface area contributed by atoms with Crippen LogP contribution in [0.15, 0.2) is 35.3 Å². The van der Waals surface area contributed by atoms with E-state index in [1.54, 1.807) is 12.3 Å². The number of hydrogen-bond donors (Lipinski definition) is 3. The molecular formula is C12H13N3O2. The molecule has 0 bridgehead atoms. The van der Waals surface area contributed by atoms with Gasteiger partial charge in [-0.1, -0.05) is 6.07 Å². The van der Waals surface area contributed by atoms with E-state index in [0.29, 0.717) is 5.69 Å². The molecule has 0 unspecified atom stereocenters. The minimum absolute atomic E-state index is 0.147. The topological polar surface area (TPSA) is 94.3 Å². The summed E-state index contributed by atoms with van der Waals surface area (Å²) in [5.74, 6) is -0.158. The standard InChI is InChI=1S/C12H13N3O2/c1-7-2-3-11(16)15(6-7)8-4-9(13)12(17)10(14)5-8/h2-6,17H,13-14H2,1H3. The molecule has 1 aromatic heterocycles. The molecule has 0 fully saturated rings. The fourth-order valence-corrected chi connectivity index (χ4v) is 1.60. The van der Waals surface area contributed by atoms with Crippen molar-refractivity contribution in [2.45, 2.75) is 6.92 Å². The van der Waals surface area contributed by atoms with Crippen LogP contribution in [0.5, 0.6) is 5.75 Å². The summed E-state index contributed by atoms with van der Waals surface area (Å²) in [5, 5.41) is 9.46. The first-order valence-electron chi connectivity index (χ1n) is 5.06. The summed E-state index contributed by atoms with van der Waals surface area (Å²) >= 11 is 0. The van der Waals surface area contributed by atoms with Gasteiger partial charge in [0.15, 0.2) is 5.75 Å². The number of phenols is 1. The predicted octanol–water partition coefficient (Wildman–Crippen LogP) is 1.02. The van der Waals surface area contributed by atoms with E-state index in [-0.39, 0.29) is 22.7 Å². The monoisotopic (exact) mass is 231 g/mol. The van der Waals surface area contributed by atoms with Crippen molar-refractivity contribution in [1.29, 1.82) is 0 Å². The van der Waals surface area contributed by atoms with Crippen LogP contribution in [-0.4, -0.2) is 9.67 Å². The lowest BCUT2D eigenvalue weighted by Gasteiger charge is -2.10. The summed E-state index contributed by atoms with van der Waals surface area (Å²) in [6.07, 6.45) is 1.69. The Hall–Kier alpha value is -2.43. The predicted molar refractivity (Wildman–Crippen MR) is 67.3 cm³/mol. The third kappa shape index (κ3) is 1.94. The molecule has 0 radical (unpaired) electrons. The minimum Gasteiger partial charge on any atom is -0.504 e. The molecule has 0 saturated heterocycles. The van der Waals surface area contributed by atoms with Crippen LogP contribution in [-0.2, 0) is 0 Å². The number of nitrogen functional groups attached to an aromatic ring is 2. The highest BCUT2D eigenvalue weighted by molar-refractivity contribution is 5.70. The van der Waals surface area contributed by atoms with Gasteiger partial charge in [0.25, 0.3) is 5.56 Å². The van der Waals surface area contributed by atoms with Crippen molar-refractivity contribution >= 4 is 11.4 Å². The highest BCUT2D eigenvalue weighted by Crippen LogP contribution is 2.29. The van der Waals surface area contributed by atoms with Crippen molar-refractivity contribution in [2.75, 3.05) is 11.5 Å². The van der Waals surface area contributed by atoms with Crippen molar-refractivity contribution in [2.24, 2.45) is 0 Å². The molecule has 0 aliphatic heterocycles. The Labute approximate surface area is 97.9 Å². The molecule has 2 aromatic rings. The summed E-state index contributed by atoms with van der Waals surface area (Å²) in [4.78, 5) is 11.7. The summed E-state index contributed by atoms with van der Waals surface area (Å²) in [6.45, 7) is 1.88. The molecule has 0 aliphatic rings. The molecule has 0 spiro atoms. The van der Waals surface area contributed by atoms with E-state index in [2.05, 4.69) is 0 Å². The first-order valence-corrected chi connectivity index (χ1v) is 5.06. The second-order valence-corrected chi connectivity index (χ2v) is 3.89. The van der Waals surface area contributed by atoms with Crippen molar-refractivity contribution in [3.63, 3.8) is 0 Å². The van der Waals surface area contributed by atoms with Crippen LogP contribution >= 0.6 is 0 Å². The Balaban J connectivity index is 2.69. The van der Waals surface area contributed by atoms with Gasteiger partial charge in [-0.25, -0.2) is 0 Å². The molecule has 5 nitrogen and oxygen atoms in total. The first kappa shape index (κ1) is 11.1. The number of nitrogens with zero attached hydrogens (tertiary/aromatic N) is 1. The first-order chi connectivity index (χ1) is 7.99. The number of nitrogens with two attached hydrogens (primary N) is 2. The lowest BCUT2D eigenvalue weighted by Crippen LogP contribution is -2.17. The van der Waals surface area contributed by atoms with Crippen LogP contribution in [0.3, 0.4) is 0 Å². The Kier molecular flexibility index (Phi) is 2.51. The average molecular weight is 231 g/mol. The normalized spacial score (nSPS) is 10.4. The molecule has 17 heavy (non-hydrogen) atoms. The van der Waals surface area contributed by atoms with Gasteiger partial charge < -0.3 is 16.6 Å². The number of phenolic OH excluding ortho intramolecular Hbond substituents is 1. The van der Waals surface area contributed by atoms with Gasteiger partial charge in [-0.15, -0.1) is 0 Å². The number of rotatable bonds is 1.